The Morgan fingerprint density at radius 1 is 1.25 bits per heavy atom. The summed E-state index contributed by atoms with van der Waals surface area (Å²) in [5.41, 5.74) is 2.03. The van der Waals surface area contributed by atoms with E-state index in [1.165, 1.54) is 12.3 Å². The summed E-state index contributed by atoms with van der Waals surface area (Å²) < 4.78 is 15.2. The highest BCUT2D eigenvalue weighted by Gasteiger charge is 2.61. The maximum absolute atomic E-state index is 13.5. The molecule has 1 aliphatic heterocycles. The van der Waals surface area contributed by atoms with Crippen molar-refractivity contribution in [2.24, 2.45) is 17.3 Å². The van der Waals surface area contributed by atoms with E-state index in [1.807, 2.05) is 13.0 Å². The minimum Gasteiger partial charge on any atom is -0.309 e. The van der Waals surface area contributed by atoms with Gasteiger partial charge in [-0.1, -0.05) is 6.92 Å². The molecule has 140 valence electrons. The first-order valence-corrected chi connectivity index (χ1v) is 9.37. The lowest BCUT2D eigenvalue weighted by atomic mass is 9.75. The summed E-state index contributed by atoms with van der Waals surface area (Å²) in [5.74, 6) is -0.539. The molecule has 0 spiro atoms. The fourth-order valence-electron chi connectivity index (χ4n) is 4.48. The van der Waals surface area contributed by atoms with Crippen molar-refractivity contribution in [3.8, 4) is 17.2 Å². The summed E-state index contributed by atoms with van der Waals surface area (Å²) in [5, 5.41) is 14.2. The van der Waals surface area contributed by atoms with Gasteiger partial charge >= 0.3 is 0 Å². The first kappa shape index (κ1) is 16.9. The summed E-state index contributed by atoms with van der Waals surface area (Å²) in [6.45, 7) is 2.49. The number of pyridine rings is 1. The van der Waals surface area contributed by atoms with Gasteiger partial charge in [-0.3, -0.25) is 4.79 Å². The van der Waals surface area contributed by atoms with Gasteiger partial charge in [0.15, 0.2) is 0 Å². The van der Waals surface area contributed by atoms with E-state index >= 15 is 0 Å². The molecule has 1 saturated heterocycles. The molecular formula is C21H18FN5O. The quantitative estimate of drug-likeness (QED) is 0.657. The predicted molar refractivity (Wildman–Crippen MR) is 101 cm³/mol. The van der Waals surface area contributed by atoms with E-state index in [0.29, 0.717) is 12.1 Å². The van der Waals surface area contributed by atoms with Crippen LogP contribution in [0, 0.1) is 34.5 Å². The molecule has 6 nitrogen and oxygen atoms in total. The Kier molecular flexibility index (Phi) is 3.53. The lowest BCUT2D eigenvalue weighted by molar-refractivity contribution is -0.124. The number of fused-ring (bicyclic) bond motifs is 1. The molecule has 0 bridgehead atoms. The number of amides is 1. The molecule has 0 radical (unpaired) electrons. The third-order valence-electron chi connectivity index (χ3n) is 6.08. The molecule has 1 amide bonds. The van der Waals surface area contributed by atoms with Gasteiger partial charge in [0.2, 0.25) is 11.9 Å². The van der Waals surface area contributed by atoms with Crippen molar-refractivity contribution in [2.45, 2.75) is 19.8 Å². The summed E-state index contributed by atoms with van der Waals surface area (Å²) in [6.07, 6.45) is 6.73. The minimum atomic E-state index is -0.927. The van der Waals surface area contributed by atoms with Gasteiger partial charge in [0.25, 0.3) is 0 Å². The fourth-order valence-corrected chi connectivity index (χ4v) is 4.48. The van der Waals surface area contributed by atoms with Crippen LogP contribution >= 0.6 is 0 Å². The number of nitriles is 1. The summed E-state index contributed by atoms with van der Waals surface area (Å²) in [7, 11) is 0. The van der Waals surface area contributed by atoms with Gasteiger partial charge in [-0.25, -0.2) is 9.50 Å². The average molecular weight is 375 g/mol. The summed E-state index contributed by atoms with van der Waals surface area (Å²) in [6, 6.07) is 9.15. The molecule has 4 heterocycles. The molecule has 0 N–H and O–H groups in total. The van der Waals surface area contributed by atoms with Gasteiger partial charge in [0.1, 0.15) is 5.41 Å². The molecule has 3 aromatic heterocycles. The lowest BCUT2D eigenvalue weighted by Gasteiger charge is -2.23. The van der Waals surface area contributed by atoms with E-state index in [-0.39, 0.29) is 17.7 Å². The van der Waals surface area contributed by atoms with E-state index in [1.54, 1.807) is 33.9 Å². The van der Waals surface area contributed by atoms with Crippen LogP contribution in [-0.2, 0) is 4.79 Å². The van der Waals surface area contributed by atoms with Gasteiger partial charge in [0.05, 0.1) is 17.3 Å². The van der Waals surface area contributed by atoms with E-state index in [9.17, 15) is 14.4 Å². The second kappa shape index (κ2) is 5.86. The number of nitrogens with zero attached hydrogens (tertiary/aromatic N) is 5. The summed E-state index contributed by atoms with van der Waals surface area (Å²) >= 11 is 0. The molecule has 28 heavy (non-hydrogen) atoms. The molecule has 1 saturated carbocycles. The number of halogens is 1. The predicted octanol–water partition coefficient (Wildman–Crippen LogP) is 3.44. The first-order valence-electron chi connectivity index (χ1n) is 9.37. The van der Waals surface area contributed by atoms with Gasteiger partial charge in [0, 0.05) is 42.7 Å². The van der Waals surface area contributed by atoms with Crippen LogP contribution < -0.4 is 4.90 Å². The maximum Gasteiger partial charge on any atom is 0.248 e. The molecular weight excluding hydrogens is 357 g/mol. The Morgan fingerprint density at radius 2 is 2.07 bits per heavy atom. The van der Waals surface area contributed by atoms with E-state index in [2.05, 4.69) is 16.2 Å². The van der Waals surface area contributed by atoms with Crippen molar-refractivity contribution >= 4 is 17.1 Å². The maximum atomic E-state index is 13.5. The number of hydrogen-bond donors (Lipinski definition) is 0. The molecule has 2 fully saturated rings. The number of aromatic nitrogens is 3. The zero-order chi connectivity index (χ0) is 19.5. The van der Waals surface area contributed by atoms with Crippen LogP contribution in [-0.4, -0.2) is 27.0 Å². The number of carbonyl (C=O) groups is 1. The van der Waals surface area contributed by atoms with Crippen LogP contribution in [0.3, 0.4) is 0 Å². The smallest absolute Gasteiger partial charge is 0.248 e. The number of rotatable bonds is 3. The number of anilines is 1. The van der Waals surface area contributed by atoms with Crippen molar-refractivity contribution in [1.82, 2.24) is 14.6 Å². The van der Waals surface area contributed by atoms with Crippen molar-refractivity contribution in [1.29, 1.82) is 5.26 Å². The molecule has 0 unspecified atom stereocenters. The largest absolute Gasteiger partial charge is 0.309 e. The van der Waals surface area contributed by atoms with E-state index in [0.717, 1.165) is 29.6 Å². The van der Waals surface area contributed by atoms with Crippen molar-refractivity contribution in [2.75, 3.05) is 11.4 Å². The van der Waals surface area contributed by atoms with Crippen LogP contribution in [0.4, 0.5) is 10.1 Å². The van der Waals surface area contributed by atoms with Gasteiger partial charge in [-0.2, -0.15) is 14.8 Å². The minimum absolute atomic E-state index is 0.0329. The molecule has 0 aromatic carbocycles. The van der Waals surface area contributed by atoms with E-state index < -0.39 is 11.4 Å². The average Bonchev–Trinajstić information content (AvgIpc) is 3.38. The highest BCUT2D eigenvalue weighted by Crippen LogP contribution is 2.54. The molecule has 2 atom stereocenters. The normalized spacial score (nSPS) is 24.7. The Hall–Kier alpha value is -3.27. The molecule has 2 aliphatic rings. The fraction of sp³-hybridized carbons (Fsp3) is 0.333. The number of hydrogen-bond acceptors (Lipinski definition) is 4. The van der Waals surface area contributed by atoms with Crippen molar-refractivity contribution in [3.63, 3.8) is 0 Å². The van der Waals surface area contributed by atoms with E-state index in [4.69, 9.17) is 0 Å². The van der Waals surface area contributed by atoms with Crippen LogP contribution in [0.15, 0.2) is 42.9 Å². The summed E-state index contributed by atoms with van der Waals surface area (Å²) in [4.78, 5) is 18.6. The molecule has 5 rings (SSSR count). The molecule has 3 aromatic rings. The van der Waals surface area contributed by atoms with Crippen LogP contribution in [0.1, 0.15) is 19.8 Å². The van der Waals surface area contributed by atoms with Crippen LogP contribution in [0.5, 0.6) is 0 Å². The van der Waals surface area contributed by atoms with Crippen LogP contribution in [0.2, 0.25) is 0 Å². The van der Waals surface area contributed by atoms with Gasteiger partial charge in [-0.15, -0.1) is 0 Å². The topological polar surface area (TPSA) is 74.3 Å². The highest BCUT2D eigenvalue weighted by atomic mass is 19.1. The molecule has 1 aliphatic carbocycles. The number of carbonyl (C=O) groups excluding carboxylic acids is 1. The monoisotopic (exact) mass is 375 g/mol. The second-order valence-corrected chi connectivity index (χ2v) is 7.71. The third kappa shape index (κ3) is 2.27. The highest BCUT2D eigenvalue weighted by molar-refractivity contribution is 6.05. The molecule has 7 heteroatoms. The van der Waals surface area contributed by atoms with Crippen LogP contribution in [0.25, 0.3) is 16.6 Å². The first-order chi connectivity index (χ1) is 13.5. The Labute approximate surface area is 161 Å². The third-order valence-corrected chi connectivity index (χ3v) is 6.08. The SMILES string of the molecule is C[C@@H]1CN(c2ccnn3cc(-c4ccnc(F)c4)cc23)C(=O)[C@]1(C#N)C1CC1. The standard InChI is InChI=1S/C21H18FN5O/c1-13-10-26(20(28)21(13,12-23)16-2-3-16)17-5-7-25-27-11-15(8-18(17)27)14-4-6-24-19(22)9-14/h4-9,11,13,16H,2-3,10H2,1H3/t13-,21+/m1/s1. The zero-order valence-electron chi connectivity index (χ0n) is 15.3. The Balaban J connectivity index is 1.60. The zero-order valence-corrected chi connectivity index (χ0v) is 15.3. The Morgan fingerprint density at radius 3 is 2.79 bits per heavy atom. The van der Waals surface area contributed by atoms with Crippen molar-refractivity contribution < 1.29 is 9.18 Å². The lowest BCUT2D eigenvalue weighted by Crippen LogP contribution is -2.37. The van der Waals surface area contributed by atoms with Gasteiger partial charge in [-0.05, 0) is 42.5 Å². The second-order valence-electron chi connectivity index (χ2n) is 7.71. The van der Waals surface area contributed by atoms with Gasteiger partial charge < -0.3 is 4.90 Å². The van der Waals surface area contributed by atoms with Crippen molar-refractivity contribution in [3.05, 3.63) is 48.8 Å². The Bertz CT molecular complexity index is 1150.